The number of sulfonamides is 1. The van der Waals surface area contributed by atoms with Crippen LogP contribution in [0.4, 0.5) is 17.1 Å². The van der Waals surface area contributed by atoms with Gasteiger partial charge in [-0.15, -0.1) is 0 Å². The van der Waals surface area contributed by atoms with E-state index < -0.39 is 16.2 Å². The number of hydrogen-bond donors (Lipinski definition) is 1. The molecule has 0 unspecified atom stereocenters. The van der Waals surface area contributed by atoms with Gasteiger partial charge >= 0.3 is 0 Å². The highest BCUT2D eigenvalue weighted by atomic mass is 32.2. The molecular formula is C37H35N3O3S. The average molecular weight is 602 g/mol. The highest BCUT2D eigenvalue weighted by Crippen LogP contribution is 2.43. The third-order valence-electron chi connectivity index (χ3n) is 8.07. The molecule has 0 bridgehead atoms. The molecule has 0 aromatic heterocycles. The van der Waals surface area contributed by atoms with E-state index >= 15 is 0 Å². The maximum absolute atomic E-state index is 14.6. The van der Waals surface area contributed by atoms with Crippen molar-refractivity contribution in [1.29, 1.82) is 0 Å². The molecule has 7 heteroatoms. The molecule has 0 spiro atoms. The average Bonchev–Trinajstić information content (AvgIpc) is 3.04. The summed E-state index contributed by atoms with van der Waals surface area (Å²) < 4.78 is 29.7. The van der Waals surface area contributed by atoms with Crippen molar-refractivity contribution in [3.8, 4) is 0 Å². The van der Waals surface area contributed by atoms with Crippen molar-refractivity contribution in [2.24, 2.45) is 0 Å². The Morgan fingerprint density at radius 3 is 2.00 bits per heavy atom. The topological polar surface area (TPSA) is 69.7 Å². The third kappa shape index (κ3) is 5.83. The summed E-state index contributed by atoms with van der Waals surface area (Å²) >= 11 is 0. The van der Waals surface area contributed by atoms with E-state index in [1.165, 1.54) is 11.6 Å². The Labute approximate surface area is 259 Å². The molecule has 44 heavy (non-hydrogen) atoms. The second-order valence-corrected chi connectivity index (χ2v) is 12.9. The van der Waals surface area contributed by atoms with E-state index in [-0.39, 0.29) is 10.8 Å². The molecule has 0 aliphatic carbocycles. The molecule has 1 heterocycles. The van der Waals surface area contributed by atoms with E-state index in [4.69, 9.17) is 0 Å². The first kappa shape index (κ1) is 29.2. The molecule has 0 saturated heterocycles. The second kappa shape index (κ2) is 12.0. The molecule has 1 aliphatic heterocycles. The second-order valence-electron chi connectivity index (χ2n) is 11.2. The first-order valence-electron chi connectivity index (χ1n) is 14.8. The summed E-state index contributed by atoms with van der Waals surface area (Å²) in [6, 6.07) is 38.4. The Bertz CT molecular complexity index is 1890. The van der Waals surface area contributed by atoms with Gasteiger partial charge in [0.05, 0.1) is 16.1 Å². The van der Waals surface area contributed by atoms with Gasteiger partial charge in [-0.3, -0.25) is 14.4 Å². The number of carbonyl (C=O) groups is 1. The van der Waals surface area contributed by atoms with Gasteiger partial charge in [0.15, 0.2) is 0 Å². The number of nitrogens with one attached hydrogen (secondary N) is 1. The van der Waals surface area contributed by atoms with Gasteiger partial charge in [-0.25, -0.2) is 8.42 Å². The number of nitrogens with zero attached hydrogens (tertiary/aromatic N) is 2. The maximum Gasteiger partial charge on any atom is 0.262 e. The molecule has 5 aromatic carbocycles. The highest BCUT2D eigenvalue weighted by Gasteiger charge is 2.40. The van der Waals surface area contributed by atoms with Crippen LogP contribution in [-0.2, 0) is 23.0 Å². The Balaban J connectivity index is 1.51. The third-order valence-corrected chi connectivity index (χ3v) is 9.45. The molecule has 0 fully saturated rings. The van der Waals surface area contributed by atoms with Gasteiger partial charge in [0.25, 0.3) is 15.9 Å². The van der Waals surface area contributed by atoms with Crippen LogP contribution in [0.2, 0.25) is 0 Å². The van der Waals surface area contributed by atoms with E-state index in [0.29, 0.717) is 23.5 Å². The Morgan fingerprint density at radius 2 is 1.36 bits per heavy atom. The fourth-order valence-electron chi connectivity index (χ4n) is 5.62. The standard InChI is InChI=1S/C37H35N3O3S/c1-4-28-14-16-30(17-15-28)36-39(25-29-8-6-5-7-9-29)35-23-22-33(44(42,43)38-31-18-10-26(2)11-19-31)24-34(35)37(41)40(36)32-20-12-27(3)13-21-32/h5-24,36,38H,4,25H2,1-3H3/t36-/m1/s1. The van der Waals surface area contributed by atoms with Crippen LogP contribution in [0.5, 0.6) is 0 Å². The zero-order chi connectivity index (χ0) is 30.8. The lowest BCUT2D eigenvalue weighted by Gasteiger charge is -2.46. The molecule has 0 saturated carbocycles. The van der Waals surface area contributed by atoms with Gasteiger partial charge < -0.3 is 4.90 Å². The first-order valence-corrected chi connectivity index (χ1v) is 16.2. The highest BCUT2D eigenvalue weighted by molar-refractivity contribution is 7.92. The minimum absolute atomic E-state index is 0.0273. The minimum atomic E-state index is -3.96. The smallest absolute Gasteiger partial charge is 0.262 e. The molecular weight excluding hydrogens is 566 g/mol. The normalized spacial score (nSPS) is 14.8. The zero-order valence-corrected chi connectivity index (χ0v) is 25.9. The summed E-state index contributed by atoms with van der Waals surface area (Å²) in [7, 11) is -3.96. The minimum Gasteiger partial charge on any atom is -0.342 e. The SMILES string of the molecule is CCc1ccc([C@@H]2N(Cc3ccccc3)c3ccc(S(=O)(=O)Nc4ccc(C)cc4)cc3C(=O)N2c2ccc(C)cc2)cc1. The number of amides is 1. The van der Waals surface area contributed by atoms with Crippen molar-refractivity contribution in [1.82, 2.24) is 0 Å². The van der Waals surface area contributed by atoms with Crippen LogP contribution in [0.3, 0.4) is 0 Å². The fourth-order valence-corrected chi connectivity index (χ4v) is 6.71. The van der Waals surface area contributed by atoms with E-state index in [0.717, 1.165) is 34.4 Å². The van der Waals surface area contributed by atoms with Gasteiger partial charge in [0.2, 0.25) is 0 Å². The van der Waals surface area contributed by atoms with Crippen molar-refractivity contribution in [2.75, 3.05) is 14.5 Å². The van der Waals surface area contributed by atoms with Gasteiger partial charge in [-0.2, -0.15) is 0 Å². The lowest BCUT2D eigenvalue weighted by molar-refractivity contribution is 0.0968. The maximum atomic E-state index is 14.6. The van der Waals surface area contributed by atoms with E-state index in [2.05, 4.69) is 52.9 Å². The molecule has 0 radical (unpaired) electrons. The lowest BCUT2D eigenvalue weighted by atomic mass is 9.98. The Morgan fingerprint density at radius 1 is 0.727 bits per heavy atom. The molecule has 6 nitrogen and oxygen atoms in total. The molecule has 6 rings (SSSR count). The largest absolute Gasteiger partial charge is 0.342 e. The number of carbonyl (C=O) groups excluding carboxylic acids is 1. The van der Waals surface area contributed by atoms with Crippen molar-refractivity contribution in [3.05, 3.63) is 155 Å². The van der Waals surface area contributed by atoms with Gasteiger partial charge in [0.1, 0.15) is 6.17 Å². The Hall–Kier alpha value is -4.88. The number of hydrogen-bond acceptors (Lipinski definition) is 4. The van der Waals surface area contributed by atoms with Crippen molar-refractivity contribution >= 4 is 33.0 Å². The molecule has 5 aromatic rings. The van der Waals surface area contributed by atoms with E-state index in [9.17, 15) is 13.2 Å². The first-order chi connectivity index (χ1) is 21.2. The van der Waals surface area contributed by atoms with Gasteiger partial charge in [-0.1, -0.05) is 96.9 Å². The van der Waals surface area contributed by atoms with Crippen molar-refractivity contribution < 1.29 is 13.2 Å². The molecule has 1 aliphatic rings. The quantitative estimate of drug-likeness (QED) is 0.196. The number of rotatable bonds is 8. The van der Waals surface area contributed by atoms with Crippen LogP contribution in [0, 0.1) is 13.8 Å². The van der Waals surface area contributed by atoms with Crippen LogP contribution in [0.1, 0.15) is 51.3 Å². The number of anilines is 3. The molecule has 222 valence electrons. The van der Waals surface area contributed by atoms with Gasteiger partial charge in [-0.05, 0) is 79.4 Å². The van der Waals surface area contributed by atoms with Crippen LogP contribution in [0.15, 0.2) is 126 Å². The van der Waals surface area contributed by atoms with E-state index in [1.807, 2.05) is 68.4 Å². The molecule has 1 atom stereocenters. The summed E-state index contributed by atoms with van der Waals surface area (Å²) in [6.07, 6.45) is 0.452. The van der Waals surface area contributed by atoms with Crippen LogP contribution in [-0.4, -0.2) is 14.3 Å². The van der Waals surface area contributed by atoms with Crippen LogP contribution in [0.25, 0.3) is 0 Å². The number of fused-ring (bicyclic) bond motifs is 1. The van der Waals surface area contributed by atoms with E-state index in [1.54, 1.807) is 29.2 Å². The van der Waals surface area contributed by atoms with Crippen LogP contribution >= 0.6 is 0 Å². The summed E-state index contributed by atoms with van der Waals surface area (Å²) in [5.74, 6) is -0.259. The lowest BCUT2D eigenvalue weighted by Crippen LogP contribution is -2.49. The summed E-state index contributed by atoms with van der Waals surface area (Å²) in [5.41, 5.74) is 7.57. The fraction of sp³-hybridized carbons (Fsp3) is 0.162. The molecule has 1 amide bonds. The number of benzene rings is 5. The monoisotopic (exact) mass is 601 g/mol. The molecule has 1 N–H and O–H groups in total. The summed E-state index contributed by atoms with van der Waals surface area (Å²) in [5, 5.41) is 0. The van der Waals surface area contributed by atoms with Crippen molar-refractivity contribution in [2.45, 2.75) is 44.8 Å². The summed E-state index contributed by atoms with van der Waals surface area (Å²) in [4.78, 5) is 18.6. The predicted molar refractivity (Wildman–Crippen MR) is 178 cm³/mol. The number of aryl methyl sites for hydroxylation is 3. The van der Waals surface area contributed by atoms with Crippen molar-refractivity contribution in [3.63, 3.8) is 0 Å². The Kier molecular flexibility index (Phi) is 7.97. The van der Waals surface area contributed by atoms with Crippen LogP contribution < -0.4 is 14.5 Å². The predicted octanol–water partition coefficient (Wildman–Crippen LogP) is 8.03. The van der Waals surface area contributed by atoms with Gasteiger partial charge in [0, 0.05) is 17.9 Å². The zero-order valence-electron chi connectivity index (χ0n) is 25.1. The summed E-state index contributed by atoms with van der Waals surface area (Å²) in [6.45, 7) is 6.59.